The Bertz CT molecular complexity index is 552. The first-order valence-electron chi connectivity index (χ1n) is 5.33. The van der Waals surface area contributed by atoms with Gasteiger partial charge in [0.05, 0.1) is 17.7 Å². The molecule has 18 heavy (non-hydrogen) atoms. The smallest absolute Gasteiger partial charge is 0.255 e. The second-order valence-electron chi connectivity index (χ2n) is 4.19. The molecule has 4 nitrogen and oxygen atoms in total. The molecule has 1 heterocycles. The number of hydrogen-bond acceptors (Lipinski definition) is 3. The van der Waals surface area contributed by atoms with Crippen LogP contribution in [0.25, 0.3) is 0 Å². The molecule has 6 heteroatoms. The van der Waals surface area contributed by atoms with Crippen LogP contribution in [0.4, 0.5) is 8.78 Å². The van der Waals surface area contributed by atoms with E-state index >= 15 is 0 Å². The van der Waals surface area contributed by atoms with Crippen LogP contribution in [0.5, 0.6) is 0 Å². The van der Waals surface area contributed by atoms with Gasteiger partial charge in [0.2, 0.25) is 0 Å². The van der Waals surface area contributed by atoms with E-state index in [1.807, 2.05) is 0 Å². The van der Waals surface area contributed by atoms with E-state index in [0.717, 1.165) is 11.0 Å². The number of aliphatic hydroxyl groups excluding tert-OH is 1. The van der Waals surface area contributed by atoms with E-state index in [9.17, 15) is 18.7 Å². The molecule has 1 aliphatic heterocycles. The third-order valence-electron chi connectivity index (χ3n) is 2.75. The minimum atomic E-state index is -1.12. The van der Waals surface area contributed by atoms with Gasteiger partial charge in [0.1, 0.15) is 17.7 Å². The fourth-order valence-electron chi connectivity index (χ4n) is 2.07. The fourth-order valence-corrected chi connectivity index (χ4v) is 2.07. The maximum atomic E-state index is 13.6. The van der Waals surface area contributed by atoms with E-state index in [1.54, 1.807) is 6.07 Å². The van der Waals surface area contributed by atoms with Gasteiger partial charge in [0.25, 0.3) is 5.91 Å². The number of halogens is 2. The molecule has 1 aromatic rings. The Labute approximate surface area is 102 Å². The zero-order valence-electron chi connectivity index (χ0n) is 9.52. The summed E-state index contributed by atoms with van der Waals surface area (Å²) in [6, 6.07) is 2.23. The predicted molar refractivity (Wildman–Crippen MR) is 57.4 cm³/mol. The number of nitrogens with zero attached hydrogens (tertiary/aromatic N) is 2. The largest absolute Gasteiger partial charge is 0.392 e. The maximum absolute atomic E-state index is 13.6. The maximum Gasteiger partial charge on any atom is 0.255 e. The van der Waals surface area contributed by atoms with Crippen molar-refractivity contribution in [2.45, 2.75) is 19.1 Å². The highest BCUT2D eigenvalue weighted by molar-refractivity contribution is 5.99. The van der Waals surface area contributed by atoms with E-state index in [0.29, 0.717) is 6.07 Å². The van der Waals surface area contributed by atoms with Crippen molar-refractivity contribution in [2.24, 2.45) is 0 Å². The van der Waals surface area contributed by atoms with Gasteiger partial charge >= 0.3 is 0 Å². The first-order chi connectivity index (χ1) is 8.45. The monoisotopic (exact) mass is 252 g/mol. The van der Waals surface area contributed by atoms with Gasteiger partial charge in [-0.1, -0.05) is 0 Å². The summed E-state index contributed by atoms with van der Waals surface area (Å²) in [6.45, 7) is 1.34. The van der Waals surface area contributed by atoms with Crippen LogP contribution in [0.3, 0.4) is 0 Å². The van der Waals surface area contributed by atoms with Crippen LogP contribution in [0.15, 0.2) is 12.1 Å². The zero-order valence-corrected chi connectivity index (χ0v) is 9.52. The summed E-state index contributed by atoms with van der Waals surface area (Å²) in [5.41, 5.74) is -0.274. The molecule has 0 spiro atoms. The van der Waals surface area contributed by atoms with Crippen molar-refractivity contribution >= 4 is 5.91 Å². The number of fused-ring (bicyclic) bond motifs is 1. The number of benzene rings is 1. The van der Waals surface area contributed by atoms with Gasteiger partial charge in [-0.25, -0.2) is 8.78 Å². The van der Waals surface area contributed by atoms with Gasteiger partial charge in [-0.15, -0.1) is 0 Å². The SMILES string of the molecule is CC(O)CN1C(=O)c2cc(F)cc(F)c2C1C#N. The zero-order chi connectivity index (χ0) is 13.4. The lowest BCUT2D eigenvalue weighted by Crippen LogP contribution is -2.33. The minimum Gasteiger partial charge on any atom is -0.392 e. The molecule has 2 rings (SSSR count). The molecule has 2 unspecified atom stereocenters. The lowest BCUT2D eigenvalue weighted by atomic mass is 10.0. The number of nitriles is 1. The Morgan fingerprint density at radius 2 is 2.22 bits per heavy atom. The highest BCUT2D eigenvalue weighted by Crippen LogP contribution is 2.35. The summed E-state index contributed by atoms with van der Waals surface area (Å²) in [6.07, 6.45) is -0.855. The van der Waals surface area contributed by atoms with Crippen LogP contribution >= 0.6 is 0 Å². The molecule has 0 saturated carbocycles. The number of hydrogen-bond donors (Lipinski definition) is 1. The topological polar surface area (TPSA) is 64.3 Å². The molecule has 1 aromatic carbocycles. The molecule has 1 amide bonds. The van der Waals surface area contributed by atoms with E-state index in [1.165, 1.54) is 6.92 Å². The summed E-state index contributed by atoms with van der Waals surface area (Å²) in [7, 11) is 0. The highest BCUT2D eigenvalue weighted by Gasteiger charge is 2.40. The van der Waals surface area contributed by atoms with Gasteiger partial charge in [-0.3, -0.25) is 4.79 Å². The van der Waals surface area contributed by atoms with Crippen LogP contribution < -0.4 is 0 Å². The number of β-amino-alcohol motifs (C(OH)–C–C–N with tert-alkyl or cyclic N) is 1. The second-order valence-corrected chi connectivity index (χ2v) is 4.19. The lowest BCUT2D eigenvalue weighted by Gasteiger charge is -2.21. The third-order valence-corrected chi connectivity index (χ3v) is 2.75. The van der Waals surface area contributed by atoms with Gasteiger partial charge in [-0.05, 0) is 13.0 Å². The molecule has 0 bridgehead atoms. The average molecular weight is 252 g/mol. The predicted octanol–water partition coefficient (Wildman–Crippen LogP) is 1.37. The molecule has 2 atom stereocenters. The fraction of sp³-hybridized carbons (Fsp3) is 0.333. The normalized spacial score (nSPS) is 19.6. The van der Waals surface area contributed by atoms with E-state index < -0.39 is 29.7 Å². The van der Waals surface area contributed by atoms with Crippen LogP contribution in [-0.4, -0.2) is 28.6 Å². The third kappa shape index (κ3) is 1.83. The Morgan fingerprint density at radius 1 is 1.56 bits per heavy atom. The summed E-state index contributed by atoms with van der Waals surface area (Å²) < 4.78 is 26.7. The number of carbonyl (C=O) groups is 1. The van der Waals surface area contributed by atoms with Crippen molar-refractivity contribution in [1.82, 2.24) is 4.90 Å². The van der Waals surface area contributed by atoms with Crippen molar-refractivity contribution in [1.29, 1.82) is 5.26 Å². The summed E-state index contributed by atoms with van der Waals surface area (Å²) in [5, 5.41) is 18.3. The molecule has 1 aliphatic rings. The molecule has 0 saturated heterocycles. The van der Waals surface area contributed by atoms with Crippen LogP contribution in [-0.2, 0) is 0 Å². The van der Waals surface area contributed by atoms with Crippen LogP contribution in [0.1, 0.15) is 28.9 Å². The summed E-state index contributed by atoms with van der Waals surface area (Å²) >= 11 is 0. The summed E-state index contributed by atoms with van der Waals surface area (Å²) in [5.74, 6) is -2.43. The Kier molecular flexibility index (Phi) is 3.01. The quantitative estimate of drug-likeness (QED) is 0.864. The van der Waals surface area contributed by atoms with Gasteiger partial charge < -0.3 is 10.0 Å². The Hall–Kier alpha value is -2.00. The van der Waals surface area contributed by atoms with Crippen molar-refractivity contribution in [3.05, 3.63) is 34.9 Å². The number of carbonyl (C=O) groups excluding carboxylic acids is 1. The molecule has 94 valence electrons. The van der Waals surface area contributed by atoms with E-state index in [-0.39, 0.29) is 17.7 Å². The summed E-state index contributed by atoms with van der Waals surface area (Å²) in [4.78, 5) is 13.0. The minimum absolute atomic E-state index is 0.104. The van der Waals surface area contributed by atoms with Crippen molar-refractivity contribution in [3.8, 4) is 6.07 Å². The molecular formula is C12H10F2N2O2. The lowest BCUT2D eigenvalue weighted by molar-refractivity contribution is 0.0640. The van der Waals surface area contributed by atoms with Gasteiger partial charge in [-0.2, -0.15) is 5.26 Å². The molecule has 0 aliphatic carbocycles. The number of amides is 1. The number of aliphatic hydroxyl groups is 1. The Morgan fingerprint density at radius 3 is 2.78 bits per heavy atom. The second kappa shape index (κ2) is 4.35. The van der Waals surface area contributed by atoms with E-state index in [2.05, 4.69) is 0 Å². The first kappa shape index (κ1) is 12.5. The van der Waals surface area contributed by atoms with Crippen molar-refractivity contribution in [2.75, 3.05) is 6.54 Å². The van der Waals surface area contributed by atoms with Gasteiger partial charge in [0.15, 0.2) is 0 Å². The van der Waals surface area contributed by atoms with Gasteiger partial charge in [0, 0.05) is 18.2 Å². The standard InChI is InChI=1S/C12H10F2N2O2/c1-6(17)5-16-10(4-15)11-8(12(16)18)2-7(13)3-9(11)14/h2-3,6,10,17H,5H2,1H3. The first-order valence-corrected chi connectivity index (χ1v) is 5.33. The molecule has 0 radical (unpaired) electrons. The molecular weight excluding hydrogens is 242 g/mol. The molecule has 1 N–H and O–H groups in total. The van der Waals surface area contributed by atoms with Crippen molar-refractivity contribution in [3.63, 3.8) is 0 Å². The van der Waals surface area contributed by atoms with Crippen molar-refractivity contribution < 1.29 is 18.7 Å². The van der Waals surface area contributed by atoms with Crippen LogP contribution in [0.2, 0.25) is 0 Å². The average Bonchev–Trinajstić information content (AvgIpc) is 2.53. The molecule has 0 fully saturated rings. The number of rotatable bonds is 2. The van der Waals surface area contributed by atoms with Crippen LogP contribution in [0, 0.1) is 23.0 Å². The Balaban J connectivity index is 2.53. The highest BCUT2D eigenvalue weighted by atomic mass is 19.1. The molecule has 0 aromatic heterocycles. The van der Waals surface area contributed by atoms with E-state index in [4.69, 9.17) is 5.26 Å².